The molecule has 2 aliphatic heterocycles. The van der Waals surface area contributed by atoms with E-state index in [1.165, 1.54) is 25.9 Å². The van der Waals surface area contributed by atoms with E-state index in [1.54, 1.807) is 6.92 Å². The van der Waals surface area contributed by atoms with E-state index in [9.17, 15) is 4.79 Å². The largest absolute Gasteiger partial charge is 0.342 e. The van der Waals surface area contributed by atoms with Gasteiger partial charge in [-0.25, -0.2) is 0 Å². The molecule has 3 heteroatoms. The molecule has 2 fully saturated rings. The first-order chi connectivity index (χ1) is 6.11. The van der Waals surface area contributed by atoms with Gasteiger partial charge in [0.15, 0.2) is 0 Å². The van der Waals surface area contributed by atoms with Crippen molar-refractivity contribution in [1.82, 2.24) is 9.80 Å². The number of amides is 1. The second kappa shape index (κ2) is 2.98. The maximum Gasteiger partial charge on any atom is 0.219 e. The fourth-order valence-corrected chi connectivity index (χ4v) is 2.70. The summed E-state index contributed by atoms with van der Waals surface area (Å²) in [5.41, 5.74) is 0.445. The van der Waals surface area contributed by atoms with Crippen LogP contribution in [0, 0.1) is 5.41 Å². The molecule has 0 aromatic carbocycles. The van der Waals surface area contributed by atoms with E-state index in [4.69, 9.17) is 0 Å². The SMILES string of the molecule is CC(=O)N1CCC2(CCN(C)C2)C1. The Morgan fingerprint density at radius 2 is 1.92 bits per heavy atom. The molecule has 13 heavy (non-hydrogen) atoms. The molecule has 2 saturated heterocycles. The summed E-state index contributed by atoms with van der Waals surface area (Å²) in [7, 11) is 2.17. The van der Waals surface area contributed by atoms with Crippen molar-refractivity contribution >= 4 is 5.91 Å². The number of carbonyl (C=O) groups is 1. The van der Waals surface area contributed by atoms with Gasteiger partial charge in [-0.05, 0) is 26.4 Å². The van der Waals surface area contributed by atoms with Crippen molar-refractivity contribution in [1.29, 1.82) is 0 Å². The standard InChI is InChI=1S/C10H18N2O/c1-9(13)12-6-4-10(8-12)3-5-11(2)7-10/h3-8H2,1-2H3. The number of carbonyl (C=O) groups excluding carboxylic acids is 1. The highest BCUT2D eigenvalue weighted by molar-refractivity contribution is 5.73. The molecule has 2 heterocycles. The van der Waals surface area contributed by atoms with Crippen LogP contribution < -0.4 is 0 Å². The monoisotopic (exact) mass is 182 g/mol. The molecule has 0 bridgehead atoms. The molecule has 2 aliphatic rings. The van der Waals surface area contributed by atoms with Gasteiger partial charge in [0, 0.05) is 32.0 Å². The van der Waals surface area contributed by atoms with E-state index in [1.807, 2.05) is 4.90 Å². The van der Waals surface area contributed by atoms with Crippen molar-refractivity contribution in [3.05, 3.63) is 0 Å². The second-order valence-electron chi connectivity index (χ2n) is 4.68. The molecule has 0 aliphatic carbocycles. The summed E-state index contributed by atoms with van der Waals surface area (Å²) in [4.78, 5) is 15.6. The highest BCUT2D eigenvalue weighted by atomic mass is 16.2. The fourth-order valence-electron chi connectivity index (χ4n) is 2.70. The first-order valence-electron chi connectivity index (χ1n) is 5.05. The Morgan fingerprint density at radius 1 is 1.23 bits per heavy atom. The van der Waals surface area contributed by atoms with Crippen LogP contribution in [0.2, 0.25) is 0 Å². The van der Waals surface area contributed by atoms with E-state index >= 15 is 0 Å². The average Bonchev–Trinajstić information content (AvgIpc) is 2.61. The molecular formula is C10H18N2O. The molecular weight excluding hydrogens is 164 g/mol. The summed E-state index contributed by atoms with van der Waals surface area (Å²) in [6, 6.07) is 0. The lowest BCUT2D eigenvalue weighted by Gasteiger charge is -2.23. The zero-order valence-electron chi connectivity index (χ0n) is 8.55. The first-order valence-corrected chi connectivity index (χ1v) is 5.05. The molecule has 0 aromatic heterocycles. The molecule has 1 spiro atoms. The van der Waals surface area contributed by atoms with Gasteiger partial charge in [-0.3, -0.25) is 4.79 Å². The fraction of sp³-hybridized carbons (Fsp3) is 0.900. The van der Waals surface area contributed by atoms with E-state index < -0.39 is 0 Å². The summed E-state index contributed by atoms with van der Waals surface area (Å²) in [6.45, 7) is 6.02. The predicted molar refractivity (Wildman–Crippen MR) is 51.4 cm³/mol. The van der Waals surface area contributed by atoms with Crippen LogP contribution in [0.1, 0.15) is 19.8 Å². The van der Waals surface area contributed by atoms with Crippen LogP contribution in [-0.4, -0.2) is 48.9 Å². The number of rotatable bonds is 0. The van der Waals surface area contributed by atoms with Gasteiger partial charge >= 0.3 is 0 Å². The number of hydrogen-bond acceptors (Lipinski definition) is 2. The van der Waals surface area contributed by atoms with Crippen LogP contribution in [0.4, 0.5) is 0 Å². The van der Waals surface area contributed by atoms with Crippen molar-refractivity contribution in [3.63, 3.8) is 0 Å². The number of nitrogens with zero attached hydrogens (tertiary/aromatic N) is 2. The number of hydrogen-bond donors (Lipinski definition) is 0. The summed E-state index contributed by atoms with van der Waals surface area (Å²) in [5, 5.41) is 0. The normalized spacial score (nSPS) is 34.8. The van der Waals surface area contributed by atoms with E-state index in [-0.39, 0.29) is 5.91 Å². The zero-order chi connectivity index (χ0) is 9.47. The number of likely N-dealkylation sites (tertiary alicyclic amines) is 2. The molecule has 0 aromatic rings. The highest BCUT2D eigenvalue weighted by Crippen LogP contribution is 2.38. The third-order valence-electron chi connectivity index (χ3n) is 3.51. The molecule has 0 radical (unpaired) electrons. The third kappa shape index (κ3) is 1.57. The van der Waals surface area contributed by atoms with Gasteiger partial charge in [-0.1, -0.05) is 0 Å². The Morgan fingerprint density at radius 3 is 2.38 bits per heavy atom. The molecule has 2 rings (SSSR count). The van der Waals surface area contributed by atoms with Crippen LogP contribution in [-0.2, 0) is 4.79 Å². The minimum Gasteiger partial charge on any atom is -0.342 e. The van der Waals surface area contributed by atoms with Crippen LogP contribution in [0.5, 0.6) is 0 Å². The topological polar surface area (TPSA) is 23.6 Å². The molecule has 74 valence electrons. The highest BCUT2D eigenvalue weighted by Gasteiger charge is 2.42. The summed E-state index contributed by atoms with van der Waals surface area (Å²) >= 11 is 0. The van der Waals surface area contributed by atoms with Crippen LogP contribution in [0.3, 0.4) is 0 Å². The molecule has 0 N–H and O–H groups in total. The Hall–Kier alpha value is -0.570. The lowest BCUT2D eigenvalue weighted by atomic mass is 9.86. The third-order valence-corrected chi connectivity index (χ3v) is 3.51. The van der Waals surface area contributed by atoms with Crippen molar-refractivity contribution in [2.75, 3.05) is 33.2 Å². The van der Waals surface area contributed by atoms with Gasteiger partial charge in [-0.2, -0.15) is 0 Å². The molecule has 0 saturated carbocycles. The zero-order valence-corrected chi connectivity index (χ0v) is 8.55. The Balaban J connectivity index is 2.01. The van der Waals surface area contributed by atoms with Gasteiger partial charge in [0.05, 0.1) is 0 Å². The molecule has 1 amide bonds. The van der Waals surface area contributed by atoms with Crippen molar-refractivity contribution in [3.8, 4) is 0 Å². The second-order valence-corrected chi connectivity index (χ2v) is 4.68. The molecule has 1 unspecified atom stereocenters. The Kier molecular flexibility index (Phi) is 2.06. The maximum absolute atomic E-state index is 11.2. The minimum atomic E-state index is 0.242. The van der Waals surface area contributed by atoms with Crippen LogP contribution >= 0.6 is 0 Å². The van der Waals surface area contributed by atoms with Crippen LogP contribution in [0.15, 0.2) is 0 Å². The lowest BCUT2D eigenvalue weighted by Crippen LogP contribution is -2.32. The average molecular weight is 182 g/mol. The van der Waals surface area contributed by atoms with E-state index in [0.717, 1.165) is 13.1 Å². The van der Waals surface area contributed by atoms with E-state index in [2.05, 4.69) is 11.9 Å². The summed E-state index contributed by atoms with van der Waals surface area (Å²) < 4.78 is 0. The van der Waals surface area contributed by atoms with Crippen molar-refractivity contribution in [2.24, 2.45) is 5.41 Å². The van der Waals surface area contributed by atoms with Gasteiger partial charge < -0.3 is 9.80 Å². The summed E-state index contributed by atoms with van der Waals surface area (Å²) in [5.74, 6) is 0.242. The van der Waals surface area contributed by atoms with Gasteiger partial charge in [0.25, 0.3) is 0 Å². The quantitative estimate of drug-likeness (QED) is 0.546. The maximum atomic E-state index is 11.2. The first kappa shape index (κ1) is 9.00. The van der Waals surface area contributed by atoms with Crippen molar-refractivity contribution < 1.29 is 4.79 Å². The van der Waals surface area contributed by atoms with Crippen molar-refractivity contribution in [2.45, 2.75) is 19.8 Å². The van der Waals surface area contributed by atoms with Gasteiger partial charge in [-0.15, -0.1) is 0 Å². The Bertz CT molecular complexity index is 229. The van der Waals surface area contributed by atoms with Gasteiger partial charge in [0.1, 0.15) is 0 Å². The predicted octanol–water partition coefficient (Wildman–Crippen LogP) is 0.560. The smallest absolute Gasteiger partial charge is 0.219 e. The minimum absolute atomic E-state index is 0.242. The van der Waals surface area contributed by atoms with E-state index in [0.29, 0.717) is 5.41 Å². The van der Waals surface area contributed by atoms with Gasteiger partial charge in [0.2, 0.25) is 5.91 Å². The lowest BCUT2D eigenvalue weighted by molar-refractivity contribution is -0.128. The molecule has 1 atom stereocenters. The summed E-state index contributed by atoms with van der Waals surface area (Å²) in [6.07, 6.45) is 2.48. The Labute approximate surface area is 79.7 Å². The van der Waals surface area contributed by atoms with Crippen LogP contribution in [0.25, 0.3) is 0 Å². The molecule has 3 nitrogen and oxygen atoms in total.